The van der Waals surface area contributed by atoms with E-state index in [2.05, 4.69) is 10.6 Å². The Morgan fingerprint density at radius 1 is 1.29 bits per heavy atom. The Morgan fingerprint density at radius 2 is 2.04 bits per heavy atom. The van der Waals surface area contributed by atoms with Gasteiger partial charge in [0.1, 0.15) is 5.75 Å². The molecule has 1 aromatic carbocycles. The van der Waals surface area contributed by atoms with Crippen LogP contribution in [0.25, 0.3) is 0 Å². The van der Waals surface area contributed by atoms with Crippen molar-refractivity contribution in [2.75, 3.05) is 40.0 Å². The SMILES string of the molecule is COc1ccccc1CC(=O)N1CCC(NC(=O)CC2COCCN2)CC1.Cl. The third kappa shape index (κ3) is 6.36. The molecule has 2 N–H and O–H groups in total. The van der Waals surface area contributed by atoms with Crippen LogP contribution in [0.15, 0.2) is 24.3 Å². The number of methoxy groups -OCH3 is 1. The lowest BCUT2D eigenvalue weighted by Crippen LogP contribution is -2.49. The van der Waals surface area contributed by atoms with Gasteiger partial charge in [-0.05, 0) is 18.9 Å². The van der Waals surface area contributed by atoms with E-state index >= 15 is 0 Å². The summed E-state index contributed by atoms with van der Waals surface area (Å²) >= 11 is 0. The topological polar surface area (TPSA) is 79.9 Å². The molecule has 0 spiro atoms. The molecule has 3 rings (SSSR count). The van der Waals surface area contributed by atoms with Gasteiger partial charge in [0.2, 0.25) is 11.8 Å². The second kappa shape index (κ2) is 11.2. The van der Waals surface area contributed by atoms with E-state index < -0.39 is 0 Å². The summed E-state index contributed by atoms with van der Waals surface area (Å²) in [6.07, 6.45) is 2.36. The fourth-order valence-corrected chi connectivity index (χ4v) is 3.66. The zero-order chi connectivity index (χ0) is 19.1. The molecule has 2 saturated heterocycles. The molecule has 0 aromatic heterocycles. The number of carbonyl (C=O) groups is 2. The molecule has 2 fully saturated rings. The highest BCUT2D eigenvalue weighted by molar-refractivity contribution is 5.85. The first kappa shape index (κ1) is 22.5. The van der Waals surface area contributed by atoms with E-state index in [1.807, 2.05) is 29.2 Å². The number of benzene rings is 1. The molecule has 2 aliphatic heterocycles. The van der Waals surface area contributed by atoms with E-state index in [1.54, 1.807) is 7.11 Å². The highest BCUT2D eigenvalue weighted by atomic mass is 35.5. The Balaban J connectivity index is 0.00000280. The van der Waals surface area contributed by atoms with E-state index in [4.69, 9.17) is 9.47 Å². The van der Waals surface area contributed by atoms with Crippen molar-refractivity contribution in [1.82, 2.24) is 15.5 Å². The third-order valence-corrected chi connectivity index (χ3v) is 5.18. The molecule has 1 aromatic rings. The lowest BCUT2D eigenvalue weighted by molar-refractivity contribution is -0.131. The van der Waals surface area contributed by atoms with Crippen LogP contribution < -0.4 is 15.4 Å². The molecular formula is C20H30ClN3O4. The molecule has 7 nitrogen and oxygen atoms in total. The van der Waals surface area contributed by atoms with Gasteiger partial charge in [-0.15, -0.1) is 12.4 Å². The highest BCUT2D eigenvalue weighted by Gasteiger charge is 2.25. The average Bonchev–Trinajstić information content (AvgIpc) is 2.69. The zero-order valence-corrected chi connectivity index (χ0v) is 17.1. The molecule has 1 atom stereocenters. The monoisotopic (exact) mass is 411 g/mol. The summed E-state index contributed by atoms with van der Waals surface area (Å²) < 4.78 is 10.7. The molecule has 2 amide bonds. The molecule has 2 heterocycles. The molecule has 0 radical (unpaired) electrons. The van der Waals surface area contributed by atoms with Crippen LogP contribution in [-0.2, 0) is 20.7 Å². The minimum atomic E-state index is 0. The van der Waals surface area contributed by atoms with Gasteiger partial charge in [-0.25, -0.2) is 0 Å². The molecule has 156 valence electrons. The summed E-state index contributed by atoms with van der Waals surface area (Å²) in [7, 11) is 1.62. The normalized spacial score (nSPS) is 20.2. The molecule has 28 heavy (non-hydrogen) atoms. The van der Waals surface area contributed by atoms with Crippen molar-refractivity contribution in [3.8, 4) is 5.75 Å². The summed E-state index contributed by atoms with van der Waals surface area (Å²) in [6, 6.07) is 7.84. The number of piperidine rings is 1. The van der Waals surface area contributed by atoms with Gasteiger partial charge >= 0.3 is 0 Å². The summed E-state index contributed by atoms with van der Waals surface area (Å²) in [5.74, 6) is 0.901. The number of ether oxygens (including phenoxy) is 2. The first-order valence-corrected chi connectivity index (χ1v) is 9.66. The van der Waals surface area contributed by atoms with E-state index in [0.717, 1.165) is 30.7 Å². The Labute approximate surface area is 172 Å². The van der Waals surface area contributed by atoms with Crippen LogP contribution in [0.5, 0.6) is 5.75 Å². The number of likely N-dealkylation sites (tertiary alicyclic amines) is 1. The highest BCUT2D eigenvalue weighted by Crippen LogP contribution is 2.20. The van der Waals surface area contributed by atoms with Gasteiger partial charge in [-0.3, -0.25) is 9.59 Å². The van der Waals surface area contributed by atoms with Gasteiger partial charge in [-0.1, -0.05) is 18.2 Å². The maximum Gasteiger partial charge on any atom is 0.227 e. The fraction of sp³-hybridized carbons (Fsp3) is 0.600. The Bertz CT molecular complexity index is 644. The quantitative estimate of drug-likeness (QED) is 0.734. The fourth-order valence-electron chi connectivity index (χ4n) is 3.66. The van der Waals surface area contributed by atoms with E-state index in [0.29, 0.717) is 39.1 Å². The number of para-hydroxylation sites is 1. The average molecular weight is 412 g/mol. The third-order valence-electron chi connectivity index (χ3n) is 5.18. The Morgan fingerprint density at radius 3 is 2.71 bits per heavy atom. The van der Waals surface area contributed by atoms with E-state index in [-0.39, 0.29) is 36.3 Å². The maximum atomic E-state index is 12.6. The van der Waals surface area contributed by atoms with Crippen LogP contribution in [0.3, 0.4) is 0 Å². The summed E-state index contributed by atoms with van der Waals surface area (Å²) in [6.45, 7) is 3.43. The van der Waals surface area contributed by atoms with Gasteiger partial charge in [0, 0.05) is 43.7 Å². The van der Waals surface area contributed by atoms with Gasteiger partial charge in [0.25, 0.3) is 0 Å². The first-order valence-electron chi connectivity index (χ1n) is 9.66. The number of halogens is 1. The van der Waals surface area contributed by atoms with Gasteiger partial charge < -0.3 is 25.0 Å². The Hall–Kier alpha value is -1.83. The summed E-state index contributed by atoms with van der Waals surface area (Å²) in [5, 5.41) is 6.39. The van der Waals surface area contributed by atoms with Crippen LogP contribution >= 0.6 is 12.4 Å². The number of carbonyl (C=O) groups excluding carboxylic acids is 2. The molecule has 8 heteroatoms. The van der Waals surface area contributed by atoms with Gasteiger partial charge in [-0.2, -0.15) is 0 Å². The van der Waals surface area contributed by atoms with Crippen molar-refractivity contribution < 1.29 is 19.1 Å². The van der Waals surface area contributed by atoms with Crippen molar-refractivity contribution in [1.29, 1.82) is 0 Å². The van der Waals surface area contributed by atoms with Crippen LogP contribution in [-0.4, -0.2) is 68.8 Å². The summed E-state index contributed by atoms with van der Waals surface area (Å²) in [5.41, 5.74) is 0.905. The van der Waals surface area contributed by atoms with Crippen LogP contribution in [0.1, 0.15) is 24.8 Å². The lowest BCUT2D eigenvalue weighted by Gasteiger charge is -2.33. The number of morpholine rings is 1. The molecule has 0 saturated carbocycles. The molecule has 1 unspecified atom stereocenters. The maximum absolute atomic E-state index is 12.6. The largest absolute Gasteiger partial charge is 0.496 e. The van der Waals surface area contributed by atoms with Gasteiger partial charge in [0.15, 0.2) is 0 Å². The number of nitrogens with zero attached hydrogens (tertiary/aromatic N) is 1. The zero-order valence-electron chi connectivity index (χ0n) is 16.3. The predicted octanol–water partition coefficient (Wildman–Crippen LogP) is 1.15. The Kier molecular flexibility index (Phi) is 9.02. The molecular weight excluding hydrogens is 382 g/mol. The van der Waals surface area contributed by atoms with Gasteiger partial charge in [0.05, 0.1) is 26.7 Å². The predicted molar refractivity (Wildman–Crippen MR) is 109 cm³/mol. The van der Waals surface area contributed by atoms with E-state index in [9.17, 15) is 9.59 Å². The van der Waals surface area contributed by atoms with E-state index in [1.165, 1.54) is 0 Å². The summed E-state index contributed by atoms with van der Waals surface area (Å²) in [4.78, 5) is 26.7. The van der Waals surface area contributed by atoms with Crippen molar-refractivity contribution in [2.45, 2.75) is 37.8 Å². The van der Waals surface area contributed by atoms with Crippen LogP contribution in [0, 0.1) is 0 Å². The number of hydrogen-bond donors (Lipinski definition) is 2. The lowest BCUT2D eigenvalue weighted by atomic mass is 10.0. The second-order valence-electron chi connectivity index (χ2n) is 7.14. The molecule has 0 bridgehead atoms. The second-order valence-corrected chi connectivity index (χ2v) is 7.14. The number of amides is 2. The van der Waals surface area contributed by atoms with Crippen LogP contribution in [0.2, 0.25) is 0 Å². The smallest absolute Gasteiger partial charge is 0.227 e. The minimum Gasteiger partial charge on any atom is -0.496 e. The number of nitrogens with one attached hydrogen (secondary N) is 2. The van der Waals surface area contributed by atoms with Crippen molar-refractivity contribution in [3.05, 3.63) is 29.8 Å². The molecule has 0 aliphatic carbocycles. The minimum absolute atomic E-state index is 0. The standard InChI is InChI=1S/C20H29N3O4.ClH/c1-26-18-5-3-2-4-15(18)12-20(25)23-9-6-16(7-10-23)22-19(24)13-17-14-27-11-8-21-17;/h2-5,16-17,21H,6-14H2,1H3,(H,22,24);1H. The first-order chi connectivity index (χ1) is 13.2. The number of hydrogen-bond acceptors (Lipinski definition) is 5. The van der Waals surface area contributed by atoms with Crippen molar-refractivity contribution in [2.24, 2.45) is 0 Å². The van der Waals surface area contributed by atoms with Crippen molar-refractivity contribution >= 4 is 24.2 Å². The van der Waals surface area contributed by atoms with Crippen molar-refractivity contribution in [3.63, 3.8) is 0 Å². The van der Waals surface area contributed by atoms with Crippen LogP contribution in [0.4, 0.5) is 0 Å². The molecule has 2 aliphatic rings. The number of rotatable bonds is 6.